The second-order valence-electron chi connectivity index (χ2n) is 7.05. The van der Waals surface area contributed by atoms with Crippen LogP contribution in [0.3, 0.4) is 0 Å². The molecule has 0 saturated carbocycles. The number of rotatable bonds is 7. The third-order valence-corrected chi connectivity index (χ3v) is 4.78. The number of carbonyl (C=O) groups is 2. The molecule has 29 heavy (non-hydrogen) atoms. The van der Waals surface area contributed by atoms with Crippen molar-refractivity contribution in [3.05, 3.63) is 71.3 Å². The van der Waals surface area contributed by atoms with E-state index in [9.17, 15) is 14.7 Å². The summed E-state index contributed by atoms with van der Waals surface area (Å²) in [6.45, 7) is 4.36. The van der Waals surface area contributed by atoms with Crippen molar-refractivity contribution in [1.29, 1.82) is 0 Å². The zero-order chi connectivity index (χ0) is 21.0. The first-order valence-corrected chi connectivity index (χ1v) is 9.53. The van der Waals surface area contributed by atoms with Crippen molar-refractivity contribution in [1.82, 2.24) is 4.90 Å². The molecular weight excluding hydrogens is 370 g/mol. The largest absolute Gasteiger partial charge is 0.507 e. The standard InChI is InChI=1S/C23H25NO5/c1-15(2)29-13-12-24-20(16-8-5-4-6-9-16)19(22(26)23(24)27)21(25)17-10-7-11-18(14-17)28-3/h4-11,14-15,20,25H,12-13H2,1-3H3/b21-19-. The molecule has 152 valence electrons. The van der Waals surface area contributed by atoms with Gasteiger partial charge in [-0.25, -0.2) is 0 Å². The molecule has 0 aliphatic carbocycles. The quantitative estimate of drug-likeness (QED) is 0.441. The summed E-state index contributed by atoms with van der Waals surface area (Å²) in [4.78, 5) is 27.1. The van der Waals surface area contributed by atoms with E-state index in [1.807, 2.05) is 44.2 Å². The van der Waals surface area contributed by atoms with Gasteiger partial charge in [0, 0.05) is 12.1 Å². The smallest absolute Gasteiger partial charge is 0.295 e. The van der Waals surface area contributed by atoms with Crippen LogP contribution in [0.15, 0.2) is 60.2 Å². The Morgan fingerprint density at radius 1 is 1.10 bits per heavy atom. The second-order valence-corrected chi connectivity index (χ2v) is 7.05. The second kappa shape index (κ2) is 8.92. The maximum atomic E-state index is 12.9. The average molecular weight is 395 g/mol. The monoisotopic (exact) mass is 395 g/mol. The third-order valence-electron chi connectivity index (χ3n) is 4.78. The minimum atomic E-state index is -0.705. The van der Waals surface area contributed by atoms with Gasteiger partial charge in [0.05, 0.1) is 31.4 Å². The third kappa shape index (κ3) is 4.32. The summed E-state index contributed by atoms with van der Waals surface area (Å²) in [5, 5.41) is 11.0. The topological polar surface area (TPSA) is 76.1 Å². The highest BCUT2D eigenvalue weighted by atomic mass is 16.5. The Kier molecular flexibility index (Phi) is 6.34. The molecular formula is C23H25NO5. The molecule has 1 fully saturated rings. The highest BCUT2D eigenvalue weighted by Gasteiger charge is 2.45. The minimum absolute atomic E-state index is 0.0128. The summed E-state index contributed by atoms with van der Waals surface area (Å²) >= 11 is 0. The Labute approximate surface area is 170 Å². The van der Waals surface area contributed by atoms with E-state index in [4.69, 9.17) is 9.47 Å². The number of aliphatic hydroxyl groups excluding tert-OH is 1. The molecule has 0 radical (unpaired) electrons. The van der Waals surface area contributed by atoms with Gasteiger partial charge >= 0.3 is 0 Å². The molecule has 1 saturated heterocycles. The fourth-order valence-electron chi connectivity index (χ4n) is 3.41. The van der Waals surface area contributed by atoms with Gasteiger partial charge in [-0.1, -0.05) is 42.5 Å². The summed E-state index contributed by atoms with van der Waals surface area (Å²) in [7, 11) is 1.52. The lowest BCUT2D eigenvalue weighted by Crippen LogP contribution is -2.33. The van der Waals surface area contributed by atoms with E-state index in [0.717, 1.165) is 5.56 Å². The number of Topliss-reactive ketones (excluding diaryl/α,β-unsaturated/α-hetero) is 1. The number of carbonyl (C=O) groups excluding carboxylic acids is 2. The van der Waals surface area contributed by atoms with Crippen molar-refractivity contribution in [3.8, 4) is 5.75 Å². The van der Waals surface area contributed by atoms with Crippen LogP contribution in [0.5, 0.6) is 5.75 Å². The molecule has 2 aromatic carbocycles. The number of ether oxygens (including phenoxy) is 2. The van der Waals surface area contributed by atoms with Crippen molar-refractivity contribution < 1.29 is 24.2 Å². The van der Waals surface area contributed by atoms with Crippen LogP contribution in [-0.2, 0) is 14.3 Å². The molecule has 3 rings (SSSR count). The summed E-state index contributed by atoms with van der Waals surface area (Å²) in [6.07, 6.45) is 0.0128. The van der Waals surface area contributed by atoms with Gasteiger partial charge in [0.2, 0.25) is 0 Å². The number of benzene rings is 2. The van der Waals surface area contributed by atoms with E-state index < -0.39 is 17.7 Å². The lowest BCUT2D eigenvalue weighted by molar-refractivity contribution is -0.140. The highest BCUT2D eigenvalue weighted by Crippen LogP contribution is 2.39. The number of hydrogen-bond donors (Lipinski definition) is 1. The van der Waals surface area contributed by atoms with Crippen LogP contribution in [0.4, 0.5) is 0 Å². The molecule has 1 atom stereocenters. The van der Waals surface area contributed by atoms with Crippen LogP contribution in [0.25, 0.3) is 5.76 Å². The van der Waals surface area contributed by atoms with E-state index in [2.05, 4.69) is 0 Å². The number of methoxy groups -OCH3 is 1. The molecule has 1 amide bonds. The summed E-state index contributed by atoms with van der Waals surface area (Å²) in [6, 6.07) is 15.3. The number of ketones is 1. The molecule has 1 unspecified atom stereocenters. The predicted molar refractivity (Wildman–Crippen MR) is 110 cm³/mol. The first-order chi connectivity index (χ1) is 13.9. The lowest BCUT2D eigenvalue weighted by Gasteiger charge is -2.25. The van der Waals surface area contributed by atoms with E-state index in [1.54, 1.807) is 24.3 Å². The van der Waals surface area contributed by atoms with E-state index in [0.29, 0.717) is 17.9 Å². The van der Waals surface area contributed by atoms with Crippen LogP contribution >= 0.6 is 0 Å². The fraction of sp³-hybridized carbons (Fsp3) is 0.304. The van der Waals surface area contributed by atoms with Gasteiger partial charge in [-0.3, -0.25) is 9.59 Å². The Morgan fingerprint density at radius 2 is 1.83 bits per heavy atom. The molecule has 1 aliphatic rings. The maximum absolute atomic E-state index is 12.9. The van der Waals surface area contributed by atoms with Gasteiger partial charge in [-0.2, -0.15) is 0 Å². The summed E-state index contributed by atoms with van der Waals surface area (Å²) in [5.41, 5.74) is 1.24. The molecule has 2 aromatic rings. The summed E-state index contributed by atoms with van der Waals surface area (Å²) in [5.74, 6) is -1.02. The van der Waals surface area contributed by atoms with Gasteiger partial charge in [0.1, 0.15) is 11.5 Å². The minimum Gasteiger partial charge on any atom is -0.507 e. The van der Waals surface area contributed by atoms with Crippen LogP contribution in [0.1, 0.15) is 31.0 Å². The number of aliphatic hydroxyl groups is 1. The number of nitrogens with zero attached hydrogens (tertiary/aromatic N) is 1. The Morgan fingerprint density at radius 3 is 2.48 bits per heavy atom. The molecule has 0 aromatic heterocycles. The Hall–Kier alpha value is -3.12. The van der Waals surface area contributed by atoms with Crippen molar-refractivity contribution in [3.63, 3.8) is 0 Å². The van der Waals surface area contributed by atoms with Crippen LogP contribution in [0.2, 0.25) is 0 Å². The molecule has 6 heteroatoms. The van der Waals surface area contributed by atoms with Gasteiger partial charge in [0.15, 0.2) is 0 Å². The number of hydrogen-bond acceptors (Lipinski definition) is 5. The normalized spacial score (nSPS) is 18.5. The first kappa shape index (κ1) is 20.6. The molecule has 1 heterocycles. The van der Waals surface area contributed by atoms with E-state index in [1.165, 1.54) is 12.0 Å². The van der Waals surface area contributed by atoms with Gasteiger partial charge < -0.3 is 19.5 Å². The van der Waals surface area contributed by atoms with Crippen LogP contribution in [0, 0.1) is 0 Å². The Balaban J connectivity index is 2.07. The maximum Gasteiger partial charge on any atom is 0.295 e. The summed E-state index contributed by atoms with van der Waals surface area (Å²) < 4.78 is 10.8. The fourth-order valence-corrected chi connectivity index (χ4v) is 3.41. The van der Waals surface area contributed by atoms with Crippen molar-refractivity contribution in [2.24, 2.45) is 0 Å². The zero-order valence-corrected chi connectivity index (χ0v) is 16.8. The zero-order valence-electron chi connectivity index (χ0n) is 16.8. The van der Waals surface area contributed by atoms with Crippen molar-refractivity contribution in [2.45, 2.75) is 26.0 Å². The van der Waals surface area contributed by atoms with E-state index in [-0.39, 0.29) is 24.0 Å². The van der Waals surface area contributed by atoms with Crippen molar-refractivity contribution >= 4 is 17.4 Å². The molecule has 6 nitrogen and oxygen atoms in total. The highest BCUT2D eigenvalue weighted by molar-refractivity contribution is 6.46. The van der Waals surface area contributed by atoms with Crippen molar-refractivity contribution in [2.75, 3.05) is 20.3 Å². The van der Waals surface area contributed by atoms with Gasteiger partial charge in [0.25, 0.3) is 11.7 Å². The van der Waals surface area contributed by atoms with Crippen LogP contribution < -0.4 is 4.74 Å². The number of likely N-dealkylation sites (tertiary alicyclic amines) is 1. The van der Waals surface area contributed by atoms with Crippen LogP contribution in [-0.4, -0.2) is 48.1 Å². The molecule has 0 bridgehead atoms. The molecule has 1 aliphatic heterocycles. The van der Waals surface area contributed by atoms with E-state index >= 15 is 0 Å². The SMILES string of the molecule is COc1cccc(/C(O)=C2/C(=O)C(=O)N(CCOC(C)C)C2c2ccccc2)c1. The average Bonchev–Trinajstić information content (AvgIpc) is 2.98. The Bertz CT molecular complexity index is 920. The lowest BCUT2D eigenvalue weighted by atomic mass is 9.95. The van der Waals surface area contributed by atoms with Gasteiger partial charge in [-0.05, 0) is 31.5 Å². The van der Waals surface area contributed by atoms with Gasteiger partial charge in [-0.15, -0.1) is 0 Å². The predicted octanol–water partition coefficient (Wildman–Crippen LogP) is 3.54. The first-order valence-electron chi connectivity index (χ1n) is 9.53. The molecule has 0 spiro atoms. The number of amides is 1. The molecule has 1 N–H and O–H groups in total.